The van der Waals surface area contributed by atoms with Gasteiger partial charge < -0.3 is 5.32 Å². The van der Waals surface area contributed by atoms with Gasteiger partial charge in [-0.3, -0.25) is 4.79 Å². The molecule has 8 nitrogen and oxygen atoms in total. The third kappa shape index (κ3) is 6.01. The minimum absolute atomic E-state index is 0.00863. The second kappa shape index (κ2) is 9.01. The van der Waals surface area contributed by atoms with Crippen LogP contribution in [0.5, 0.6) is 0 Å². The fourth-order valence-corrected chi connectivity index (χ4v) is 4.09. The van der Waals surface area contributed by atoms with Gasteiger partial charge in [-0.15, -0.1) is 0 Å². The van der Waals surface area contributed by atoms with Crippen LogP contribution in [0.4, 0.5) is 0 Å². The van der Waals surface area contributed by atoms with E-state index < -0.39 is 26.0 Å². The third-order valence-electron chi connectivity index (χ3n) is 3.88. The Morgan fingerprint density at radius 1 is 1.00 bits per heavy atom. The van der Waals surface area contributed by atoms with Crippen LogP contribution in [0.25, 0.3) is 0 Å². The van der Waals surface area contributed by atoms with Gasteiger partial charge in [-0.25, -0.2) is 22.0 Å². The van der Waals surface area contributed by atoms with Gasteiger partial charge >= 0.3 is 0 Å². The van der Waals surface area contributed by atoms with Crippen molar-refractivity contribution in [1.29, 1.82) is 0 Å². The average Bonchev–Trinajstić information content (AvgIpc) is 2.61. The largest absolute Gasteiger partial charge is 0.355 e. The van der Waals surface area contributed by atoms with Crippen molar-refractivity contribution < 1.29 is 21.6 Å². The zero-order chi connectivity index (χ0) is 20.9. The lowest BCUT2D eigenvalue weighted by Crippen LogP contribution is -2.39. The van der Waals surface area contributed by atoms with Crippen LogP contribution in [0.1, 0.15) is 5.56 Å². The summed E-state index contributed by atoms with van der Waals surface area (Å²) in [5.41, 5.74) is 0.801. The number of carbonyl (C=O) groups is 1. The number of halogens is 1. The molecule has 0 aromatic heterocycles. The van der Waals surface area contributed by atoms with Gasteiger partial charge in [0.1, 0.15) is 0 Å². The molecule has 3 N–H and O–H groups in total. The Morgan fingerprint density at radius 3 is 2.07 bits per heavy atom. The van der Waals surface area contributed by atoms with Gasteiger partial charge in [0.25, 0.3) is 0 Å². The van der Waals surface area contributed by atoms with Crippen molar-refractivity contribution in [2.24, 2.45) is 5.14 Å². The van der Waals surface area contributed by atoms with Crippen molar-refractivity contribution >= 4 is 37.6 Å². The molecular formula is C17H20ClN3O5S2. The quantitative estimate of drug-likeness (QED) is 0.625. The Kier molecular flexibility index (Phi) is 7.18. The number of amides is 1. The van der Waals surface area contributed by atoms with E-state index in [-0.39, 0.29) is 22.9 Å². The van der Waals surface area contributed by atoms with Crippen LogP contribution in [0.15, 0.2) is 58.3 Å². The fraction of sp³-hybridized carbons (Fsp3) is 0.235. The lowest BCUT2D eigenvalue weighted by Gasteiger charge is -2.17. The van der Waals surface area contributed by atoms with Crippen molar-refractivity contribution in [2.75, 3.05) is 20.1 Å². The minimum atomic E-state index is -3.80. The summed E-state index contributed by atoms with van der Waals surface area (Å²) in [6.45, 7) is -0.0717. The van der Waals surface area contributed by atoms with Gasteiger partial charge in [-0.1, -0.05) is 23.7 Å². The predicted octanol–water partition coefficient (Wildman–Crippen LogP) is 0.967. The second-order valence-electron chi connectivity index (χ2n) is 6.00. The second-order valence-corrected chi connectivity index (χ2v) is 10.0. The number of hydrogen-bond acceptors (Lipinski definition) is 5. The lowest BCUT2D eigenvalue weighted by atomic mass is 10.1. The molecule has 152 valence electrons. The highest BCUT2D eigenvalue weighted by molar-refractivity contribution is 7.89. The number of benzene rings is 2. The number of nitrogens with two attached hydrogens (primary N) is 1. The Morgan fingerprint density at radius 2 is 1.54 bits per heavy atom. The van der Waals surface area contributed by atoms with E-state index >= 15 is 0 Å². The van der Waals surface area contributed by atoms with E-state index in [9.17, 15) is 21.6 Å². The molecule has 0 aliphatic carbocycles. The molecule has 0 unspecified atom stereocenters. The first-order valence-corrected chi connectivity index (χ1v) is 11.5. The van der Waals surface area contributed by atoms with Gasteiger partial charge in [0.05, 0.1) is 16.3 Å². The summed E-state index contributed by atoms with van der Waals surface area (Å²) >= 11 is 5.76. The SMILES string of the molecule is CN(CC(=O)NCCc1ccc(S(N)(=O)=O)cc1)S(=O)(=O)c1ccc(Cl)cc1. The van der Waals surface area contributed by atoms with Crippen LogP contribution in [0.3, 0.4) is 0 Å². The highest BCUT2D eigenvalue weighted by Gasteiger charge is 2.22. The van der Waals surface area contributed by atoms with E-state index in [0.717, 1.165) is 9.87 Å². The fourth-order valence-electron chi connectivity index (χ4n) is 2.32. The van der Waals surface area contributed by atoms with Crippen molar-refractivity contribution in [1.82, 2.24) is 9.62 Å². The van der Waals surface area contributed by atoms with E-state index in [1.807, 2.05) is 0 Å². The monoisotopic (exact) mass is 445 g/mol. The molecule has 0 saturated carbocycles. The Hall–Kier alpha value is -1.98. The third-order valence-corrected chi connectivity index (χ3v) is 6.87. The zero-order valence-electron chi connectivity index (χ0n) is 15.0. The van der Waals surface area contributed by atoms with E-state index in [1.54, 1.807) is 12.1 Å². The summed E-state index contributed by atoms with van der Waals surface area (Å²) < 4.78 is 48.2. The first-order chi connectivity index (χ1) is 13.0. The van der Waals surface area contributed by atoms with Crippen LogP contribution in [-0.4, -0.2) is 47.2 Å². The number of primary sulfonamides is 1. The highest BCUT2D eigenvalue weighted by atomic mass is 35.5. The zero-order valence-corrected chi connectivity index (χ0v) is 17.4. The normalized spacial score (nSPS) is 12.1. The van der Waals surface area contributed by atoms with Crippen LogP contribution < -0.4 is 10.5 Å². The molecule has 28 heavy (non-hydrogen) atoms. The summed E-state index contributed by atoms with van der Waals surface area (Å²) in [5.74, 6) is -0.457. The number of nitrogens with zero attached hydrogens (tertiary/aromatic N) is 1. The maximum atomic E-state index is 12.4. The van der Waals surface area contributed by atoms with E-state index in [1.165, 1.54) is 43.4 Å². The standard InChI is InChI=1S/C17H20ClN3O5S2/c1-21(28(25,26)16-8-4-14(18)5-9-16)12-17(22)20-11-10-13-2-6-15(7-3-13)27(19,23)24/h2-9H,10-12H2,1H3,(H,20,22)(H2,19,23,24). The van der Waals surface area contributed by atoms with Gasteiger partial charge in [-0.2, -0.15) is 4.31 Å². The molecule has 0 bridgehead atoms. The predicted molar refractivity (Wildman–Crippen MR) is 106 cm³/mol. The van der Waals surface area contributed by atoms with Gasteiger partial charge in [-0.05, 0) is 48.4 Å². The van der Waals surface area contributed by atoms with Crippen molar-refractivity contribution in [3.63, 3.8) is 0 Å². The maximum absolute atomic E-state index is 12.4. The molecule has 2 aromatic rings. The first kappa shape index (κ1) is 22.3. The van der Waals surface area contributed by atoms with Crippen molar-refractivity contribution in [3.05, 3.63) is 59.1 Å². The maximum Gasteiger partial charge on any atom is 0.243 e. The van der Waals surface area contributed by atoms with E-state index in [2.05, 4.69) is 5.32 Å². The highest BCUT2D eigenvalue weighted by Crippen LogP contribution is 2.17. The first-order valence-electron chi connectivity index (χ1n) is 8.10. The summed E-state index contributed by atoms with van der Waals surface area (Å²) in [7, 11) is -6.23. The summed E-state index contributed by atoms with van der Waals surface area (Å²) in [6.07, 6.45) is 0.449. The minimum Gasteiger partial charge on any atom is -0.355 e. The number of likely N-dealkylation sites (N-methyl/N-ethyl adjacent to an activating group) is 1. The molecule has 0 atom stereocenters. The number of nitrogens with one attached hydrogen (secondary N) is 1. The molecule has 0 aliphatic heterocycles. The molecule has 0 radical (unpaired) electrons. The van der Waals surface area contributed by atoms with E-state index in [4.69, 9.17) is 16.7 Å². The van der Waals surface area contributed by atoms with Crippen LogP contribution in [0, 0.1) is 0 Å². The summed E-state index contributed by atoms with van der Waals surface area (Å²) in [6, 6.07) is 11.6. The average molecular weight is 446 g/mol. The smallest absolute Gasteiger partial charge is 0.243 e. The molecule has 0 spiro atoms. The molecule has 0 aliphatic rings. The molecule has 0 heterocycles. The van der Waals surface area contributed by atoms with E-state index in [0.29, 0.717) is 11.4 Å². The Bertz CT molecular complexity index is 1040. The number of hydrogen-bond donors (Lipinski definition) is 2. The topological polar surface area (TPSA) is 127 Å². The summed E-state index contributed by atoms with van der Waals surface area (Å²) in [5, 5.41) is 8.08. The Labute approximate surface area is 169 Å². The molecule has 2 aromatic carbocycles. The number of sulfonamides is 2. The van der Waals surface area contributed by atoms with Gasteiger partial charge in [0.15, 0.2) is 0 Å². The lowest BCUT2D eigenvalue weighted by molar-refractivity contribution is -0.121. The van der Waals surface area contributed by atoms with Crippen LogP contribution in [-0.2, 0) is 31.3 Å². The van der Waals surface area contributed by atoms with Crippen LogP contribution in [0.2, 0.25) is 5.02 Å². The molecular weight excluding hydrogens is 426 g/mol. The number of carbonyl (C=O) groups excluding carboxylic acids is 1. The molecule has 0 fully saturated rings. The summed E-state index contributed by atoms with van der Waals surface area (Å²) in [4.78, 5) is 12.1. The molecule has 2 rings (SSSR count). The van der Waals surface area contributed by atoms with Gasteiger partial charge in [0, 0.05) is 18.6 Å². The number of rotatable bonds is 8. The van der Waals surface area contributed by atoms with Crippen molar-refractivity contribution in [2.45, 2.75) is 16.2 Å². The van der Waals surface area contributed by atoms with Gasteiger partial charge in [0.2, 0.25) is 26.0 Å². The van der Waals surface area contributed by atoms with Crippen LogP contribution >= 0.6 is 11.6 Å². The molecule has 11 heteroatoms. The van der Waals surface area contributed by atoms with Crippen molar-refractivity contribution in [3.8, 4) is 0 Å². The molecule has 0 saturated heterocycles. The molecule has 1 amide bonds. The Balaban J connectivity index is 1.87.